The smallest absolute Gasteiger partial charge is 0.412 e. The van der Waals surface area contributed by atoms with Crippen LogP contribution >= 0.6 is 15.9 Å². The van der Waals surface area contributed by atoms with Gasteiger partial charge in [0.1, 0.15) is 0 Å². The summed E-state index contributed by atoms with van der Waals surface area (Å²) >= 11 is 3.36. The Balaban J connectivity index is 2.48. The Hall–Kier alpha value is -1.23. The van der Waals surface area contributed by atoms with Crippen molar-refractivity contribution in [3.8, 4) is 0 Å². The molecule has 1 amide bonds. The SMILES string of the molecule is CC1CNc2cc(Br)ccc2N1C(=O)O. The Bertz CT molecular complexity index is 408. The molecule has 0 spiro atoms. The molecule has 0 saturated heterocycles. The second kappa shape index (κ2) is 3.73. The van der Waals surface area contributed by atoms with Gasteiger partial charge in [0.25, 0.3) is 0 Å². The molecule has 4 nitrogen and oxygen atoms in total. The van der Waals surface area contributed by atoms with Crippen LogP contribution in [0.15, 0.2) is 22.7 Å². The number of amides is 1. The molecule has 1 unspecified atom stereocenters. The number of carbonyl (C=O) groups is 1. The fourth-order valence-corrected chi connectivity index (χ4v) is 2.10. The first-order chi connectivity index (χ1) is 7.09. The van der Waals surface area contributed by atoms with Crippen LogP contribution in [-0.2, 0) is 0 Å². The highest BCUT2D eigenvalue weighted by Gasteiger charge is 2.27. The van der Waals surface area contributed by atoms with E-state index in [-0.39, 0.29) is 6.04 Å². The van der Waals surface area contributed by atoms with Crippen LogP contribution < -0.4 is 10.2 Å². The van der Waals surface area contributed by atoms with Gasteiger partial charge in [0, 0.05) is 11.0 Å². The number of fused-ring (bicyclic) bond motifs is 1. The van der Waals surface area contributed by atoms with Crippen molar-refractivity contribution < 1.29 is 9.90 Å². The largest absolute Gasteiger partial charge is 0.465 e. The highest BCUT2D eigenvalue weighted by molar-refractivity contribution is 9.10. The molecule has 0 fully saturated rings. The minimum atomic E-state index is -0.910. The summed E-state index contributed by atoms with van der Waals surface area (Å²) in [7, 11) is 0. The average molecular weight is 271 g/mol. The molecular weight excluding hydrogens is 260 g/mol. The quantitative estimate of drug-likeness (QED) is 0.762. The third-order valence-corrected chi connectivity index (χ3v) is 2.95. The molecule has 1 aromatic carbocycles. The predicted molar refractivity (Wildman–Crippen MR) is 62.6 cm³/mol. The number of anilines is 2. The minimum Gasteiger partial charge on any atom is -0.465 e. The number of benzene rings is 1. The lowest BCUT2D eigenvalue weighted by Crippen LogP contribution is -2.45. The van der Waals surface area contributed by atoms with Gasteiger partial charge in [0.05, 0.1) is 17.4 Å². The zero-order valence-corrected chi connectivity index (χ0v) is 9.78. The lowest BCUT2D eigenvalue weighted by molar-refractivity contribution is 0.199. The second-order valence-corrected chi connectivity index (χ2v) is 4.46. The Morgan fingerprint density at radius 3 is 3.07 bits per heavy atom. The first-order valence-corrected chi connectivity index (χ1v) is 5.44. The number of carboxylic acid groups (broad SMARTS) is 1. The molecular formula is C10H11BrN2O2. The number of nitrogens with one attached hydrogen (secondary N) is 1. The molecule has 1 aromatic rings. The third-order valence-electron chi connectivity index (χ3n) is 2.45. The number of hydrogen-bond donors (Lipinski definition) is 2. The van der Waals surface area contributed by atoms with Crippen molar-refractivity contribution in [1.29, 1.82) is 0 Å². The number of hydrogen-bond acceptors (Lipinski definition) is 2. The monoisotopic (exact) mass is 270 g/mol. The van der Waals surface area contributed by atoms with E-state index in [0.717, 1.165) is 10.2 Å². The van der Waals surface area contributed by atoms with Crippen molar-refractivity contribution in [2.45, 2.75) is 13.0 Å². The summed E-state index contributed by atoms with van der Waals surface area (Å²) < 4.78 is 0.939. The molecule has 5 heteroatoms. The second-order valence-electron chi connectivity index (χ2n) is 3.54. The molecule has 0 radical (unpaired) electrons. The standard InChI is InChI=1S/C10H11BrN2O2/c1-6-5-12-8-4-7(11)2-3-9(8)13(6)10(14)15/h2-4,6,12H,5H2,1H3,(H,14,15). The van der Waals surface area contributed by atoms with Gasteiger partial charge in [-0.05, 0) is 25.1 Å². The minimum absolute atomic E-state index is 0.0452. The highest BCUT2D eigenvalue weighted by atomic mass is 79.9. The molecule has 1 aliphatic heterocycles. The molecule has 0 aromatic heterocycles. The summed E-state index contributed by atoms with van der Waals surface area (Å²) in [5.74, 6) is 0. The van der Waals surface area contributed by atoms with Crippen molar-refractivity contribution in [2.75, 3.05) is 16.8 Å². The van der Waals surface area contributed by atoms with Gasteiger partial charge < -0.3 is 10.4 Å². The fourth-order valence-electron chi connectivity index (χ4n) is 1.74. The van der Waals surface area contributed by atoms with Crippen LogP contribution in [0.3, 0.4) is 0 Å². The van der Waals surface area contributed by atoms with Crippen LogP contribution in [0.1, 0.15) is 6.92 Å². The van der Waals surface area contributed by atoms with Crippen LogP contribution in [0.25, 0.3) is 0 Å². The lowest BCUT2D eigenvalue weighted by atomic mass is 10.1. The number of nitrogens with zero attached hydrogens (tertiary/aromatic N) is 1. The van der Waals surface area contributed by atoms with Crippen molar-refractivity contribution in [1.82, 2.24) is 0 Å². The topological polar surface area (TPSA) is 52.6 Å². The Labute approximate surface area is 96.0 Å². The Morgan fingerprint density at radius 2 is 2.40 bits per heavy atom. The van der Waals surface area contributed by atoms with E-state index in [0.29, 0.717) is 12.2 Å². The van der Waals surface area contributed by atoms with Crippen molar-refractivity contribution in [3.05, 3.63) is 22.7 Å². The fraction of sp³-hybridized carbons (Fsp3) is 0.300. The van der Waals surface area contributed by atoms with Crippen LogP contribution in [0.2, 0.25) is 0 Å². The van der Waals surface area contributed by atoms with E-state index in [1.807, 2.05) is 19.1 Å². The van der Waals surface area contributed by atoms with E-state index in [4.69, 9.17) is 5.11 Å². The molecule has 15 heavy (non-hydrogen) atoms. The maximum absolute atomic E-state index is 11.1. The number of halogens is 1. The summed E-state index contributed by atoms with van der Waals surface area (Å²) in [6, 6.07) is 5.48. The molecule has 1 heterocycles. The van der Waals surface area contributed by atoms with E-state index in [1.165, 1.54) is 4.90 Å². The molecule has 2 rings (SSSR count). The molecule has 0 saturated carbocycles. The third kappa shape index (κ3) is 1.79. The van der Waals surface area contributed by atoms with Gasteiger partial charge in [0.2, 0.25) is 0 Å². The van der Waals surface area contributed by atoms with Gasteiger partial charge >= 0.3 is 6.09 Å². The van der Waals surface area contributed by atoms with E-state index >= 15 is 0 Å². The van der Waals surface area contributed by atoms with Crippen LogP contribution in [0, 0.1) is 0 Å². The van der Waals surface area contributed by atoms with Gasteiger partial charge in [-0.25, -0.2) is 4.79 Å². The molecule has 1 atom stereocenters. The summed E-state index contributed by atoms with van der Waals surface area (Å²) in [6.07, 6.45) is -0.910. The summed E-state index contributed by atoms with van der Waals surface area (Å²) in [5, 5.41) is 12.3. The normalized spacial score (nSPS) is 19.3. The van der Waals surface area contributed by atoms with Gasteiger partial charge in [0.15, 0.2) is 0 Å². The molecule has 2 N–H and O–H groups in total. The predicted octanol–water partition coefficient (Wildman–Crippen LogP) is 2.75. The van der Waals surface area contributed by atoms with Crippen LogP contribution in [-0.4, -0.2) is 23.8 Å². The molecule has 0 aliphatic carbocycles. The van der Waals surface area contributed by atoms with Gasteiger partial charge in [-0.3, -0.25) is 4.90 Å². The Kier molecular flexibility index (Phi) is 2.56. The van der Waals surface area contributed by atoms with Crippen LogP contribution in [0.5, 0.6) is 0 Å². The van der Waals surface area contributed by atoms with E-state index < -0.39 is 6.09 Å². The molecule has 1 aliphatic rings. The van der Waals surface area contributed by atoms with E-state index in [2.05, 4.69) is 21.2 Å². The maximum atomic E-state index is 11.1. The average Bonchev–Trinajstić information content (AvgIpc) is 2.17. The number of rotatable bonds is 0. The van der Waals surface area contributed by atoms with Crippen LogP contribution in [0.4, 0.5) is 16.2 Å². The van der Waals surface area contributed by atoms with Gasteiger partial charge in [-0.1, -0.05) is 15.9 Å². The first-order valence-electron chi connectivity index (χ1n) is 4.65. The van der Waals surface area contributed by atoms with Crippen molar-refractivity contribution in [3.63, 3.8) is 0 Å². The van der Waals surface area contributed by atoms with Crippen molar-refractivity contribution >= 4 is 33.4 Å². The van der Waals surface area contributed by atoms with Gasteiger partial charge in [-0.15, -0.1) is 0 Å². The summed E-state index contributed by atoms with van der Waals surface area (Å²) in [4.78, 5) is 12.5. The van der Waals surface area contributed by atoms with Gasteiger partial charge in [-0.2, -0.15) is 0 Å². The zero-order valence-electron chi connectivity index (χ0n) is 8.20. The first kappa shape index (κ1) is 10.3. The summed E-state index contributed by atoms with van der Waals surface area (Å²) in [6.45, 7) is 2.52. The van der Waals surface area contributed by atoms with Crippen molar-refractivity contribution in [2.24, 2.45) is 0 Å². The summed E-state index contributed by atoms with van der Waals surface area (Å²) in [5.41, 5.74) is 1.56. The highest BCUT2D eigenvalue weighted by Crippen LogP contribution is 2.33. The molecule has 0 bridgehead atoms. The lowest BCUT2D eigenvalue weighted by Gasteiger charge is -2.33. The van der Waals surface area contributed by atoms with E-state index in [9.17, 15) is 4.79 Å². The Morgan fingerprint density at radius 1 is 1.67 bits per heavy atom. The maximum Gasteiger partial charge on any atom is 0.412 e. The molecule has 80 valence electrons. The van der Waals surface area contributed by atoms with E-state index in [1.54, 1.807) is 6.07 Å². The zero-order chi connectivity index (χ0) is 11.0.